The first-order chi connectivity index (χ1) is 11.2. The van der Waals surface area contributed by atoms with Gasteiger partial charge in [0.25, 0.3) is 0 Å². The van der Waals surface area contributed by atoms with E-state index in [1.54, 1.807) is 0 Å². The number of hydrogen-bond acceptors (Lipinski definition) is 0. The SMILES string of the molecule is CCCCCC1CC=C(c2ccc(CCCC)c(F)c2Cl)CC1. The molecule has 0 spiro atoms. The Morgan fingerprint density at radius 1 is 1.13 bits per heavy atom. The van der Waals surface area contributed by atoms with Gasteiger partial charge in [-0.05, 0) is 54.7 Å². The average Bonchev–Trinajstić information content (AvgIpc) is 2.57. The molecule has 1 aromatic carbocycles. The van der Waals surface area contributed by atoms with Crippen LogP contribution in [0.5, 0.6) is 0 Å². The van der Waals surface area contributed by atoms with Gasteiger partial charge in [0, 0.05) is 0 Å². The number of allylic oxidation sites excluding steroid dienone is 2. The van der Waals surface area contributed by atoms with Gasteiger partial charge < -0.3 is 0 Å². The molecule has 2 rings (SSSR count). The monoisotopic (exact) mass is 336 g/mol. The van der Waals surface area contributed by atoms with Crippen molar-refractivity contribution < 1.29 is 4.39 Å². The summed E-state index contributed by atoms with van der Waals surface area (Å²) in [6.07, 6.45) is 13.8. The largest absolute Gasteiger partial charge is 0.205 e. The van der Waals surface area contributed by atoms with Gasteiger partial charge in [0.1, 0.15) is 5.82 Å². The van der Waals surface area contributed by atoms with E-state index in [-0.39, 0.29) is 5.82 Å². The maximum Gasteiger partial charge on any atom is 0.145 e. The van der Waals surface area contributed by atoms with Crippen molar-refractivity contribution in [3.8, 4) is 0 Å². The zero-order valence-corrected chi connectivity index (χ0v) is 15.4. The second-order valence-corrected chi connectivity index (χ2v) is 7.25. The third-order valence-electron chi connectivity index (χ3n) is 5.04. The molecule has 0 N–H and O–H groups in total. The zero-order chi connectivity index (χ0) is 16.7. The third kappa shape index (κ3) is 5.08. The summed E-state index contributed by atoms with van der Waals surface area (Å²) >= 11 is 6.33. The zero-order valence-electron chi connectivity index (χ0n) is 14.6. The summed E-state index contributed by atoms with van der Waals surface area (Å²) in [5.74, 6) is 0.598. The summed E-state index contributed by atoms with van der Waals surface area (Å²) in [6, 6.07) is 3.96. The summed E-state index contributed by atoms with van der Waals surface area (Å²) in [5, 5.41) is 0.328. The Labute approximate surface area is 146 Å². The lowest BCUT2D eigenvalue weighted by Crippen LogP contribution is -2.06. The van der Waals surface area contributed by atoms with E-state index in [1.807, 2.05) is 12.1 Å². The summed E-state index contributed by atoms with van der Waals surface area (Å²) in [5.41, 5.74) is 2.91. The second-order valence-electron chi connectivity index (χ2n) is 6.87. The first-order valence-corrected chi connectivity index (χ1v) is 9.71. The molecule has 2 heteroatoms. The highest BCUT2D eigenvalue weighted by Gasteiger charge is 2.19. The molecule has 0 amide bonds. The Kier molecular flexibility index (Phi) is 7.62. The summed E-state index contributed by atoms with van der Waals surface area (Å²) in [6.45, 7) is 4.37. The predicted molar refractivity (Wildman–Crippen MR) is 99.5 cm³/mol. The fourth-order valence-corrected chi connectivity index (χ4v) is 3.78. The smallest absolute Gasteiger partial charge is 0.145 e. The van der Waals surface area contributed by atoms with Crippen molar-refractivity contribution in [2.24, 2.45) is 5.92 Å². The van der Waals surface area contributed by atoms with E-state index in [1.165, 1.54) is 37.7 Å². The topological polar surface area (TPSA) is 0 Å². The number of halogens is 2. The van der Waals surface area contributed by atoms with E-state index in [9.17, 15) is 4.39 Å². The molecule has 0 aliphatic heterocycles. The van der Waals surface area contributed by atoms with E-state index in [2.05, 4.69) is 19.9 Å². The van der Waals surface area contributed by atoms with Gasteiger partial charge in [-0.1, -0.05) is 75.8 Å². The van der Waals surface area contributed by atoms with Crippen LogP contribution < -0.4 is 0 Å². The van der Waals surface area contributed by atoms with Crippen molar-refractivity contribution >= 4 is 17.2 Å². The van der Waals surface area contributed by atoms with E-state index >= 15 is 0 Å². The summed E-state index contributed by atoms with van der Waals surface area (Å²) < 4.78 is 14.5. The molecule has 1 aliphatic carbocycles. The Morgan fingerprint density at radius 2 is 1.91 bits per heavy atom. The highest BCUT2D eigenvalue weighted by atomic mass is 35.5. The van der Waals surface area contributed by atoms with Crippen molar-refractivity contribution in [1.82, 2.24) is 0 Å². The van der Waals surface area contributed by atoms with Crippen LogP contribution >= 0.6 is 11.6 Å². The number of hydrogen-bond donors (Lipinski definition) is 0. The van der Waals surface area contributed by atoms with E-state index in [0.717, 1.165) is 49.1 Å². The van der Waals surface area contributed by atoms with Crippen LogP contribution in [0.4, 0.5) is 4.39 Å². The maximum atomic E-state index is 14.5. The predicted octanol–water partition coefficient (Wildman–Crippen LogP) is 7.59. The van der Waals surface area contributed by atoms with Crippen LogP contribution in [-0.4, -0.2) is 0 Å². The molecule has 1 aromatic rings. The average molecular weight is 337 g/mol. The second kappa shape index (κ2) is 9.47. The maximum absolute atomic E-state index is 14.5. The van der Waals surface area contributed by atoms with Crippen LogP contribution in [0.2, 0.25) is 5.02 Å². The molecule has 0 radical (unpaired) electrons. The fourth-order valence-electron chi connectivity index (χ4n) is 3.48. The molecular weight excluding hydrogens is 307 g/mol. The van der Waals surface area contributed by atoms with Crippen LogP contribution in [0, 0.1) is 11.7 Å². The van der Waals surface area contributed by atoms with Gasteiger partial charge >= 0.3 is 0 Å². The third-order valence-corrected chi connectivity index (χ3v) is 5.41. The van der Waals surface area contributed by atoms with Gasteiger partial charge in [0.05, 0.1) is 5.02 Å². The van der Waals surface area contributed by atoms with Gasteiger partial charge in [-0.2, -0.15) is 0 Å². The molecule has 0 fully saturated rings. The van der Waals surface area contributed by atoms with Gasteiger partial charge in [0.15, 0.2) is 0 Å². The lowest BCUT2D eigenvalue weighted by molar-refractivity contribution is 0.428. The summed E-state index contributed by atoms with van der Waals surface area (Å²) in [7, 11) is 0. The Hall–Kier alpha value is -0.820. The lowest BCUT2D eigenvalue weighted by atomic mass is 9.83. The first-order valence-electron chi connectivity index (χ1n) is 9.33. The molecule has 1 aliphatic rings. The minimum atomic E-state index is -0.205. The number of aryl methyl sites for hydroxylation is 1. The molecule has 0 aromatic heterocycles. The Bertz CT molecular complexity index is 533. The van der Waals surface area contributed by atoms with Crippen molar-refractivity contribution in [3.63, 3.8) is 0 Å². The van der Waals surface area contributed by atoms with E-state index in [4.69, 9.17) is 11.6 Å². The van der Waals surface area contributed by atoms with Crippen LogP contribution in [0.15, 0.2) is 18.2 Å². The van der Waals surface area contributed by atoms with Gasteiger partial charge in [-0.15, -0.1) is 0 Å². The molecule has 0 heterocycles. The van der Waals surface area contributed by atoms with Crippen molar-refractivity contribution in [2.45, 2.75) is 78.1 Å². The lowest BCUT2D eigenvalue weighted by Gasteiger charge is -2.23. The first kappa shape index (κ1) is 18.5. The van der Waals surface area contributed by atoms with Crippen LogP contribution in [-0.2, 0) is 6.42 Å². The van der Waals surface area contributed by atoms with E-state index in [0.29, 0.717) is 5.02 Å². The highest BCUT2D eigenvalue weighted by molar-refractivity contribution is 6.32. The fraction of sp³-hybridized carbons (Fsp3) is 0.619. The quantitative estimate of drug-likeness (QED) is 0.429. The van der Waals surface area contributed by atoms with Crippen LogP contribution in [0.3, 0.4) is 0 Å². The molecule has 0 saturated heterocycles. The van der Waals surface area contributed by atoms with Gasteiger partial charge in [0.2, 0.25) is 0 Å². The highest BCUT2D eigenvalue weighted by Crippen LogP contribution is 2.37. The van der Waals surface area contributed by atoms with Gasteiger partial charge in [-0.25, -0.2) is 4.39 Å². The number of unbranched alkanes of at least 4 members (excludes halogenated alkanes) is 3. The molecular formula is C21H30ClF. The van der Waals surface area contributed by atoms with Crippen LogP contribution in [0.25, 0.3) is 5.57 Å². The van der Waals surface area contributed by atoms with Crippen molar-refractivity contribution in [1.29, 1.82) is 0 Å². The molecule has 0 bridgehead atoms. The molecule has 0 saturated carbocycles. The van der Waals surface area contributed by atoms with Gasteiger partial charge in [-0.3, -0.25) is 0 Å². The van der Waals surface area contributed by atoms with Crippen LogP contribution in [0.1, 0.15) is 82.8 Å². The molecule has 128 valence electrons. The molecule has 1 unspecified atom stereocenters. The molecule has 0 nitrogen and oxygen atoms in total. The number of rotatable bonds is 8. The molecule has 1 atom stereocenters. The normalized spacial score (nSPS) is 18.1. The van der Waals surface area contributed by atoms with Crippen molar-refractivity contribution in [2.75, 3.05) is 0 Å². The molecule has 23 heavy (non-hydrogen) atoms. The Morgan fingerprint density at radius 3 is 2.57 bits per heavy atom. The van der Waals surface area contributed by atoms with E-state index < -0.39 is 0 Å². The van der Waals surface area contributed by atoms with Crippen molar-refractivity contribution in [3.05, 3.63) is 40.2 Å². The summed E-state index contributed by atoms with van der Waals surface area (Å²) in [4.78, 5) is 0. The number of benzene rings is 1. The minimum absolute atomic E-state index is 0.205. The minimum Gasteiger partial charge on any atom is -0.205 e. The Balaban J connectivity index is 2.03. The standard InChI is InChI=1S/C21H30ClF/c1-3-5-7-8-16-10-12-17(13-11-16)19-15-14-18(9-6-4-2)21(23)20(19)22/h12,14-16H,3-11,13H2,1-2H3.